The van der Waals surface area contributed by atoms with Crippen LogP contribution in [0.5, 0.6) is 0 Å². The first-order valence-electron chi connectivity index (χ1n) is 5.09. The molecule has 1 aromatic heterocycles. The van der Waals surface area contributed by atoms with Gasteiger partial charge in [0, 0.05) is 16.7 Å². The van der Waals surface area contributed by atoms with Gasteiger partial charge in [0.1, 0.15) is 5.82 Å². The molecule has 0 unspecified atom stereocenters. The van der Waals surface area contributed by atoms with Gasteiger partial charge in [-0.1, -0.05) is 0 Å². The molecule has 0 aromatic carbocycles. The number of anilines is 1. The van der Waals surface area contributed by atoms with Crippen molar-refractivity contribution in [1.82, 2.24) is 4.98 Å². The molecule has 1 rings (SSSR count). The first kappa shape index (κ1) is 13.0. The summed E-state index contributed by atoms with van der Waals surface area (Å²) in [5.41, 5.74) is 6.30. The Hall–Kier alpha value is -1.10. The highest BCUT2D eigenvalue weighted by molar-refractivity contribution is 9.10. The maximum atomic E-state index is 11.0. The van der Waals surface area contributed by atoms with Gasteiger partial charge in [0.25, 0.3) is 0 Å². The molecule has 2 N–H and O–H groups in total. The van der Waals surface area contributed by atoms with Gasteiger partial charge in [0.2, 0.25) is 5.91 Å². The zero-order chi connectivity index (χ0) is 12.3. The molecule has 0 saturated carbocycles. The Kier molecular flexibility index (Phi) is 4.29. The predicted molar refractivity (Wildman–Crippen MR) is 68.4 cm³/mol. The number of hydrogen-bond acceptors (Lipinski definition) is 3. The SMILES string of the molecule is Cc1cc(N(CC(N)=O)C(C)C)ncc1Br. The van der Waals surface area contributed by atoms with Crippen LogP contribution in [0.2, 0.25) is 0 Å². The molecule has 0 aliphatic carbocycles. The zero-order valence-corrected chi connectivity index (χ0v) is 11.3. The van der Waals surface area contributed by atoms with E-state index in [9.17, 15) is 4.79 Å². The number of aryl methyl sites for hydroxylation is 1. The fourth-order valence-corrected chi connectivity index (χ4v) is 1.59. The van der Waals surface area contributed by atoms with Crippen molar-refractivity contribution >= 4 is 27.7 Å². The van der Waals surface area contributed by atoms with Crippen LogP contribution < -0.4 is 10.6 Å². The summed E-state index contributed by atoms with van der Waals surface area (Å²) in [5.74, 6) is 0.422. The lowest BCUT2D eigenvalue weighted by molar-refractivity contribution is -0.116. The minimum atomic E-state index is -0.351. The number of carbonyl (C=O) groups is 1. The third kappa shape index (κ3) is 3.20. The number of pyridine rings is 1. The van der Waals surface area contributed by atoms with E-state index in [-0.39, 0.29) is 18.5 Å². The monoisotopic (exact) mass is 285 g/mol. The van der Waals surface area contributed by atoms with E-state index in [0.717, 1.165) is 15.9 Å². The Balaban J connectivity index is 3.01. The molecule has 0 spiro atoms. The van der Waals surface area contributed by atoms with Gasteiger partial charge in [-0.05, 0) is 48.3 Å². The maximum absolute atomic E-state index is 11.0. The summed E-state index contributed by atoms with van der Waals surface area (Å²) in [4.78, 5) is 17.1. The molecular weight excluding hydrogens is 270 g/mol. The van der Waals surface area contributed by atoms with E-state index in [2.05, 4.69) is 20.9 Å². The molecule has 1 heterocycles. The van der Waals surface area contributed by atoms with Gasteiger partial charge in [-0.3, -0.25) is 4.79 Å². The van der Waals surface area contributed by atoms with Crippen LogP contribution >= 0.6 is 15.9 Å². The molecule has 0 fully saturated rings. The van der Waals surface area contributed by atoms with Gasteiger partial charge in [-0.2, -0.15) is 0 Å². The molecule has 1 aromatic rings. The summed E-state index contributed by atoms with van der Waals surface area (Å²) < 4.78 is 0.957. The summed E-state index contributed by atoms with van der Waals surface area (Å²) >= 11 is 3.39. The van der Waals surface area contributed by atoms with Gasteiger partial charge >= 0.3 is 0 Å². The van der Waals surface area contributed by atoms with Crippen molar-refractivity contribution < 1.29 is 4.79 Å². The van der Waals surface area contributed by atoms with Crippen molar-refractivity contribution in [2.45, 2.75) is 26.8 Å². The average molecular weight is 286 g/mol. The summed E-state index contributed by atoms with van der Waals surface area (Å²) in [6.45, 7) is 6.17. The first-order chi connectivity index (χ1) is 7.41. The molecule has 0 atom stereocenters. The van der Waals surface area contributed by atoms with Crippen molar-refractivity contribution in [2.24, 2.45) is 5.73 Å². The van der Waals surface area contributed by atoms with Gasteiger partial charge in [0.05, 0.1) is 6.54 Å². The molecule has 1 amide bonds. The number of rotatable bonds is 4. The molecule has 0 aliphatic rings. The second-order valence-electron chi connectivity index (χ2n) is 3.98. The van der Waals surface area contributed by atoms with Crippen LogP contribution in [-0.4, -0.2) is 23.5 Å². The number of halogens is 1. The molecule has 5 heteroatoms. The minimum absolute atomic E-state index is 0.181. The predicted octanol–water partition coefficient (Wildman–Crippen LogP) is 1.85. The van der Waals surface area contributed by atoms with Crippen molar-refractivity contribution in [3.8, 4) is 0 Å². The Bertz CT molecular complexity index is 393. The van der Waals surface area contributed by atoms with Gasteiger partial charge < -0.3 is 10.6 Å². The lowest BCUT2D eigenvalue weighted by atomic mass is 10.2. The van der Waals surface area contributed by atoms with E-state index in [0.29, 0.717) is 0 Å². The fraction of sp³-hybridized carbons (Fsp3) is 0.455. The van der Waals surface area contributed by atoms with E-state index in [1.54, 1.807) is 6.20 Å². The van der Waals surface area contributed by atoms with Crippen LogP contribution in [0.3, 0.4) is 0 Å². The summed E-state index contributed by atoms with van der Waals surface area (Å²) in [6, 6.07) is 2.12. The topological polar surface area (TPSA) is 59.2 Å². The quantitative estimate of drug-likeness (QED) is 0.919. The molecule has 4 nitrogen and oxygen atoms in total. The summed E-state index contributed by atoms with van der Waals surface area (Å²) in [5, 5.41) is 0. The highest BCUT2D eigenvalue weighted by Crippen LogP contribution is 2.21. The van der Waals surface area contributed by atoms with Crippen LogP contribution in [0.1, 0.15) is 19.4 Å². The zero-order valence-electron chi connectivity index (χ0n) is 9.70. The molecule has 0 aliphatic heterocycles. The number of nitrogens with zero attached hydrogens (tertiary/aromatic N) is 2. The highest BCUT2D eigenvalue weighted by Gasteiger charge is 2.14. The second-order valence-corrected chi connectivity index (χ2v) is 4.83. The van der Waals surface area contributed by atoms with Gasteiger partial charge in [-0.15, -0.1) is 0 Å². The van der Waals surface area contributed by atoms with E-state index < -0.39 is 0 Å². The van der Waals surface area contributed by atoms with E-state index in [1.807, 2.05) is 31.7 Å². The summed E-state index contributed by atoms with van der Waals surface area (Å²) in [6.07, 6.45) is 1.74. The third-order valence-corrected chi connectivity index (χ3v) is 3.11. The third-order valence-electron chi connectivity index (χ3n) is 2.28. The van der Waals surface area contributed by atoms with E-state index in [4.69, 9.17) is 5.73 Å². The lowest BCUT2D eigenvalue weighted by Crippen LogP contribution is -2.39. The number of carbonyl (C=O) groups excluding carboxylic acids is 1. The van der Waals surface area contributed by atoms with E-state index in [1.165, 1.54) is 0 Å². The number of nitrogens with two attached hydrogens (primary N) is 1. The molecule has 0 saturated heterocycles. The normalized spacial score (nSPS) is 10.6. The number of primary amides is 1. The van der Waals surface area contributed by atoms with Gasteiger partial charge in [0.15, 0.2) is 0 Å². The lowest BCUT2D eigenvalue weighted by Gasteiger charge is -2.26. The number of amides is 1. The van der Waals surface area contributed by atoms with Crippen LogP contribution in [0, 0.1) is 6.92 Å². The number of hydrogen-bond donors (Lipinski definition) is 1. The van der Waals surface area contributed by atoms with Crippen molar-refractivity contribution in [3.63, 3.8) is 0 Å². The van der Waals surface area contributed by atoms with Crippen LogP contribution in [0.25, 0.3) is 0 Å². The molecule has 88 valence electrons. The molecule has 0 bridgehead atoms. The van der Waals surface area contributed by atoms with E-state index >= 15 is 0 Å². The largest absolute Gasteiger partial charge is 0.368 e. The average Bonchev–Trinajstić information content (AvgIpc) is 2.18. The maximum Gasteiger partial charge on any atom is 0.237 e. The van der Waals surface area contributed by atoms with Crippen molar-refractivity contribution in [1.29, 1.82) is 0 Å². The Morgan fingerprint density at radius 2 is 2.25 bits per heavy atom. The first-order valence-corrected chi connectivity index (χ1v) is 5.88. The molecule has 0 radical (unpaired) electrons. The number of aromatic nitrogens is 1. The molecular formula is C11H16BrN3O. The van der Waals surface area contributed by atoms with Crippen LogP contribution in [-0.2, 0) is 4.79 Å². The highest BCUT2D eigenvalue weighted by atomic mass is 79.9. The Labute approximate surface area is 104 Å². The minimum Gasteiger partial charge on any atom is -0.368 e. The Morgan fingerprint density at radius 1 is 1.62 bits per heavy atom. The standard InChI is InChI=1S/C11H16BrN3O/c1-7(2)15(6-10(13)16)11-4-8(3)9(12)5-14-11/h4-5,7H,6H2,1-3H3,(H2,13,16). The Morgan fingerprint density at radius 3 is 2.69 bits per heavy atom. The van der Waals surface area contributed by atoms with Crippen LogP contribution in [0.15, 0.2) is 16.7 Å². The summed E-state index contributed by atoms with van der Waals surface area (Å²) in [7, 11) is 0. The smallest absolute Gasteiger partial charge is 0.237 e. The molecule has 16 heavy (non-hydrogen) atoms. The fourth-order valence-electron chi connectivity index (χ4n) is 1.38. The van der Waals surface area contributed by atoms with Crippen molar-refractivity contribution in [2.75, 3.05) is 11.4 Å². The second kappa shape index (κ2) is 5.30. The van der Waals surface area contributed by atoms with Crippen molar-refractivity contribution in [3.05, 3.63) is 22.3 Å². The van der Waals surface area contributed by atoms with Crippen LogP contribution in [0.4, 0.5) is 5.82 Å². The van der Waals surface area contributed by atoms with Gasteiger partial charge in [-0.25, -0.2) is 4.98 Å².